The van der Waals surface area contributed by atoms with Crippen LogP contribution in [0.2, 0.25) is 0 Å². The molecule has 0 unspecified atom stereocenters. The van der Waals surface area contributed by atoms with E-state index in [1.54, 1.807) is 0 Å². The van der Waals surface area contributed by atoms with E-state index in [0.717, 1.165) is 37.3 Å². The molecule has 0 saturated carbocycles. The van der Waals surface area contributed by atoms with Gasteiger partial charge in [-0.15, -0.1) is 0 Å². The normalized spacial score (nSPS) is 17.9. The molecule has 24 heavy (non-hydrogen) atoms. The Balaban J connectivity index is 1.35. The first-order chi connectivity index (χ1) is 11.7. The number of aromatic nitrogens is 2. The van der Waals surface area contributed by atoms with Crippen LogP contribution in [0, 0.1) is 6.92 Å². The minimum atomic E-state index is -0.460. The van der Waals surface area contributed by atoms with Crippen molar-refractivity contribution in [3.8, 4) is 0 Å². The van der Waals surface area contributed by atoms with Gasteiger partial charge in [0, 0.05) is 19.4 Å². The molecule has 6 heteroatoms. The number of hydrogen-bond acceptors (Lipinski definition) is 6. The second-order valence-electron chi connectivity index (χ2n) is 6.40. The zero-order chi connectivity index (χ0) is 16.8. The number of benzene rings is 1. The Kier molecular flexibility index (Phi) is 5.96. The third-order valence-electron chi connectivity index (χ3n) is 4.39. The Morgan fingerprint density at radius 2 is 2.04 bits per heavy atom. The van der Waals surface area contributed by atoms with Crippen LogP contribution in [-0.4, -0.2) is 52.5 Å². The molecule has 2 heterocycles. The van der Waals surface area contributed by atoms with Crippen molar-refractivity contribution < 1.29 is 14.4 Å². The van der Waals surface area contributed by atoms with Crippen molar-refractivity contribution in [1.29, 1.82) is 0 Å². The summed E-state index contributed by atoms with van der Waals surface area (Å²) in [6.45, 7) is 5.24. The minimum absolute atomic E-state index is 0.360. The third kappa shape index (κ3) is 4.87. The summed E-state index contributed by atoms with van der Waals surface area (Å²) in [7, 11) is 0. The lowest BCUT2D eigenvalue weighted by atomic mass is 9.96. The SMILES string of the molecule is Cc1nc(C2CCN(C[C@@H](O)COCc3ccccc3)CC2)no1. The van der Waals surface area contributed by atoms with Crippen molar-refractivity contribution in [3.05, 3.63) is 47.6 Å². The predicted octanol–water partition coefficient (Wildman–Crippen LogP) is 2.14. The molecule has 0 spiro atoms. The zero-order valence-corrected chi connectivity index (χ0v) is 14.1. The van der Waals surface area contributed by atoms with Gasteiger partial charge in [-0.3, -0.25) is 0 Å². The molecule has 6 nitrogen and oxygen atoms in total. The Morgan fingerprint density at radius 3 is 2.71 bits per heavy atom. The highest BCUT2D eigenvalue weighted by atomic mass is 16.5. The van der Waals surface area contributed by atoms with Crippen LogP contribution < -0.4 is 0 Å². The van der Waals surface area contributed by atoms with E-state index < -0.39 is 6.10 Å². The summed E-state index contributed by atoms with van der Waals surface area (Å²) in [4.78, 5) is 6.60. The third-order valence-corrected chi connectivity index (χ3v) is 4.39. The van der Waals surface area contributed by atoms with Crippen molar-refractivity contribution in [2.24, 2.45) is 0 Å². The zero-order valence-electron chi connectivity index (χ0n) is 14.1. The largest absolute Gasteiger partial charge is 0.389 e. The summed E-state index contributed by atoms with van der Waals surface area (Å²) >= 11 is 0. The van der Waals surface area contributed by atoms with Crippen molar-refractivity contribution in [1.82, 2.24) is 15.0 Å². The highest BCUT2D eigenvalue weighted by molar-refractivity contribution is 5.13. The Morgan fingerprint density at radius 1 is 1.29 bits per heavy atom. The number of nitrogens with zero attached hydrogens (tertiary/aromatic N) is 3. The predicted molar refractivity (Wildman–Crippen MR) is 89.6 cm³/mol. The molecule has 130 valence electrons. The lowest BCUT2D eigenvalue weighted by Crippen LogP contribution is -2.40. The molecule has 1 fully saturated rings. The number of β-amino-alcohol motifs (C(OH)–C–C–N with tert-alkyl or cyclic N) is 1. The average molecular weight is 331 g/mol. The molecule has 0 radical (unpaired) electrons. The van der Waals surface area contributed by atoms with Gasteiger partial charge in [-0.05, 0) is 31.5 Å². The van der Waals surface area contributed by atoms with Gasteiger partial charge in [0.1, 0.15) is 0 Å². The molecular formula is C18H25N3O3. The molecule has 1 atom stereocenters. The van der Waals surface area contributed by atoms with Crippen LogP contribution in [0.4, 0.5) is 0 Å². The summed E-state index contributed by atoms with van der Waals surface area (Å²) in [6.07, 6.45) is 1.53. The molecular weight excluding hydrogens is 306 g/mol. The molecule has 1 saturated heterocycles. The van der Waals surface area contributed by atoms with Gasteiger partial charge in [0.15, 0.2) is 5.82 Å². The van der Waals surface area contributed by atoms with E-state index in [9.17, 15) is 5.11 Å². The van der Waals surface area contributed by atoms with Crippen LogP contribution in [0.1, 0.15) is 36.0 Å². The molecule has 1 N–H and O–H groups in total. The van der Waals surface area contributed by atoms with Gasteiger partial charge >= 0.3 is 0 Å². The fraction of sp³-hybridized carbons (Fsp3) is 0.556. The standard InChI is InChI=1S/C18H25N3O3/c1-14-19-18(20-24-14)16-7-9-21(10-8-16)11-17(22)13-23-12-15-5-3-2-4-6-15/h2-6,16-17,22H,7-13H2,1H3/t17-/m1/s1. The minimum Gasteiger partial charge on any atom is -0.389 e. The number of aliphatic hydroxyl groups excluding tert-OH is 1. The lowest BCUT2D eigenvalue weighted by molar-refractivity contribution is 0.00605. The number of piperidine rings is 1. The second-order valence-corrected chi connectivity index (χ2v) is 6.40. The van der Waals surface area contributed by atoms with Crippen molar-refractivity contribution in [2.75, 3.05) is 26.2 Å². The van der Waals surface area contributed by atoms with Crippen LogP contribution in [0.15, 0.2) is 34.9 Å². The van der Waals surface area contributed by atoms with Crippen LogP contribution in [0.5, 0.6) is 0 Å². The first-order valence-electron chi connectivity index (χ1n) is 8.53. The molecule has 0 aliphatic carbocycles. The maximum Gasteiger partial charge on any atom is 0.223 e. The van der Waals surface area contributed by atoms with Gasteiger partial charge in [0.2, 0.25) is 5.89 Å². The van der Waals surface area contributed by atoms with E-state index in [1.807, 2.05) is 37.3 Å². The van der Waals surface area contributed by atoms with Gasteiger partial charge in [0.05, 0.1) is 19.3 Å². The van der Waals surface area contributed by atoms with Gasteiger partial charge in [-0.25, -0.2) is 0 Å². The highest BCUT2D eigenvalue weighted by Crippen LogP contribution is 2.25. The monoisotopic (exact) mass is 331 g/mol. The Bertz CT molecular complexity index is 609. The summed E-state index contributed by atoms with van der Waals surface area (Å²) in [6, 6.07) is 10.0. The second kappa shape index (κ2) is 8.37. The molecule has 1 aromatic heterocycles. The number of hydrogen-bond donors (Lipinski definition) is 1. The van der Waals surface area contributed by atoms with Gasteiger partial charge in [0.25, 0.3) is 0 Å². The maximum atomic E-state index is 10.2. The van der Waals surface area contributed by atoms with Gasteiger partial charge in [-0.2, -0.15) is 4.98 Å². The Hall–Kier alpha value is -1.76. The smallest absolute Gasteiger partial charge is 0.223 e. The maximum absolute atomic E-state index is 10.2. The molecule has 2 aromatic rings. The summed E-state index contributed by atoms with van der Waals surface area (Å²) in [5.74, 6) is 1.81. The van der Waals surface area contributed by atoms with Crippen molar-refractivity contribution >= 4 is 0 Å². The molecule has 1 aliphatic rings. The van der Waals surface area contributed by atoms with Gasteiger partial charge < -0.3 is 19.3 Å². The van der Waals surface area contributed by atoms with E-state index in [2.05, 4.69) is 15.0 Å². The molecule has 0 bridgehead atoms. The van der Waals surface area contributed by atoms with E-state index in [1.165, 1.54) is 0 Å². The van der Waals surface area contributed by atoms with Crippen LogP contribution >= 0.6 is 0 Å². The highest BCUT2D eigenvalue weighted by Gasteiger charge is 2.25. The van der Waals surface area contributed by atoms with E-state index in [0.29, 0.717) is 31.6 Å². The van der Waals surface area contributed by atoms with Crippen LogP contribution in [0.3, 0.4) is 0 Å². The lowest BCUT2D eigenvalue weighted by Gasteiger charge is -2.31. The van der Waals surface area contributed by atoms with Crippen LogP contribution in [-0.2, 0) is 11.3 Å². The number of likely N-dealkylation sites (tertiary alicyclic amines) is 1. The number of aryl methyl sites for hydroxylation is 1. The first kappa shape index (κ1) is 17.1. The first-order valence-corrected chi connectivity index (χ1v) is 8.53. The average Bonchev–Trinajstić information content (AvgIpc) is 3.03. The summed E-state index contributed by atoms with van der Waals surface area (Å²) < 4.78 is 10.7. The quantitative estimate of drug-likeness (QED) is 0.838. The van der Waals surface area contributed by atoms with Crippen molar-refractivity contribution in [3.63, 3.8) is 0 Å². The number of ether oxygens (including phenoxy) is 1. The summed E-state index contributed by atoms with van der Waals surface area (Å²) in [5.41, 5.74) is 1.13. The fourth-order valence-corrected chi connectivity index (χ4v) is 3.09. The molecule has 3 rings (SSSR count). The molecule has 0 amide bonds. The number of aliphatic hydroxyl groups is 1. The summed E-state index contributed by atoms with van der Waals surface area (Å²) in [5, 5.41) is 14.2. The van der Waals surface area contributed by atoms with E-state index in [4.69, 9.17) is 9.26 Å². The van der Waals surface area contributed by atoms with Crippen LogP contribution in [0.25, 0.3) is 0 Å². The van der Waals surface area contributed by atoms with Crippen molar-refractivity contribution in [2.45, 2.75) is 38.4 Å². The molecule has 1 aliphatic heterocycles. The van der Waals surface area contributed by atoms with Gasteiger partial charge in [-0.1, -0.05) is 35.5 Å². The molecule has 1 aromatic carbocycles. The fourth-order valence-electron chi connectivity index (χ4n) is 3.09. The van der Waals surface area contributed by atoms with E-state index in [-0.39, 0.29) is 0 Å². The number of rotatable bonds is 7. The Labute approximate surface area is 142 Å². The topological polar surface area (TPSA) is 71.6 Å². The van der Waals surface area contributed by atoms with E-state index >= 15 is 0 Å².